The second-order valence-corrected chi connectivity index (χ2v) is 9.60. The van der Waals surface area contributed by atoms with Crippen LogP contribution in [0.2, 0.25) is 20.1 Å². The van der Waals surface area contributed by atoms with Crippen LogP contribution in [0.1, 0.15) is 32.6 Å². The minimum Gasteiger partial charge on any atom is -0.477 e. The number of carbonyl (C=O) groups excluding carboxylic acids is 1. The van der Waals surface area contributed by atoms with Gasteiger partial charge in [0.1, 0.15) is 18.2 Å². The normalized spacial score (nSPS) is 16.4. The standard InChI is InChI=1S/C25H17Cl4NO3/c1-13-24-15(11-30(12-32-24)10-14-5-6-16(26)8-21(14)29)7-18-23(31)22(33-25(13)18)9-17-19(27)3-2-4-20(17)28/h2-9H,10-12H2,1H3/b22-9-. The molecule has 3 aromatic carbocycles. The fraction of sp³-hybridized carbons (Fsp3) is 0.160. The van der Waals surface area contributed by atoms with E-state index >= 15 is 0 Å². The van der Waals surface area contributed by atoms with E-state index in [-0.39, 0.29) is 11.5 Å². The van der Waals surface area contributed by atoms with Gasteiger partial charge in [-0.15, -0.1) is 0 Å². The Kier molecular flexibility index (Phi) is 6.06. The first-order chi connectivity index (χ1) is 15.8. The van der Waals surface area contributed by atoms with E-state index in [4.69, 9.17) is 55.9 Å². The predicted molar refractivity (Wildman–Crippen MR) is 132 cm³/mol. The van der Waals surface area contributed by atoms with Gasteiger partial charge in [0.05, 0.1) is 5.56 Å². The molecule has 0 saturated heterocycles. The molecule has 0 aromatic heterocycles. The Morgan fingerprint density at radius 1 is 1.00 bits per heavy atom. The topological polar surface area (TPSA) is 38.8 Å². The molecule has 2 heterocycles. The molecule has 168 valence electrons. The number of benzene rings is 3. The Morgan fingerprint density at radius 2 is 1.76 bits per heavy atom. The van der Waals surface area contributed by atoms with Gasteiger partial charge in [0, 0.05) is 49.9 Å². The van der Waals surface area contributed by atoms with Crippen LogP contribution in [0.5, 0.6) is 11.5 Å². The molecule has 8 heteroatoms. The third-order valence-electron chi connectivity index (χ3n) is 5.69. The lowest BCUT2D eigenvalue weighted by Crippen LogP contribution is -2.32. The van der Waals surface area contributed by atoms with Crippen molar-refractivity contribution in [2.45, 2.75) is 20.0 Å². The number of hydrogen-bond acceptors (Lipinski definition) is 4. The van der Waals surface area contributed by atoms with Crippen LogP contribution >= 0.6 is 46.4 Å². The van der Waals surface area contributed by atoms with Crippen molar-refractivity contribution in [1.82, 2.24) is 4.90 Å². The van der Waals surface area contributed by atoms with Crippen LogP contribution in [0.4, 0.5) is 0 Å². The quantitative estimate of drug-likeness (QED) is 0.333. The van der Waals surface area contributed by atoms with Gasteiger partial charge in [0.2, 0.25) is 5.78 Å². The zero-order valence-corrected chi connectivity index (χ0v) is 20.4. The minimum atomic E-state index is -0.218. The first kappa shape index (κ1) is 22.6. The molecule has 0 bridgehead atoms. The molecule has 0 amide bonds. The van der Waals surface area contributed by atoms with Crippen LogP contribution in [0.15, 0.2) is 48.2 Å². The lowest BCUT2D eigenvalue weighted by Gasteiger charge is -2.30. The summed E-state index contributed by atoms with van der Waals surface area (Å²) in [5.74, 6) is 1.19. The Hall–Kier alpha value is -2.21. The van der Waals surface area contributed by atoms with Crippen molar-refractivity contribution >= 4 is 58.3 Å². The van der Waals surface area contributed by atoms with Gasteiger partial charge in [-0.3, -0.25) is 9.69 Å². The third kappa shape index (κ3) is 4.23. The number of ketones is 1. The van der Waals surface area contributed by atoms with E-state index in [0.29, 0.717) is 56.8 Å². The van der Waals surface area contributed by atoms with Gasteiger partial charge in [-0.25, -0.2) is 0 Å². The minimum absolute atomic E-state index is 0.176. The zero-order chi connectivity index (χ0) is 23.3. The maximum Gasteiger partial charge on any atom is 0.231 e. The molecule has 0 atom stereocenters. The number of ether oxygens (including phenoxy) is 2. The van der Waals surface area contributed by atoms with Crippen molar-refractivity contribution in [3.05, 3.63) is 96.1 Å². The summed E-state index contributed by atoms with van der Waals surface area (Å²) in [6, 6.07) is 12.5. The van der Waals surface area contributed by atoms with E-state index in [1.165, 1.54) is 0 Å². The van der Waals surface area contributed by atoms with Crippen LogP contribution in [0.25, 0.3) is 6.08 Å². The Balaban J connectivity index is 1.44. The van der Waals surface area contributed by atoms with Crippen LogP contribution < -0.4 is 9.47 Å². The number of rotatable bonds is 3. The SMILES string of the molecule is Cc1c2c(cc3c1O/C(=C\c1c(Cl)cccc1Cl)C3=O)CN(Cc1ccc(Cl)cc1Cl)CO2. The Bertz CT molecular complexity index is 1320. The van der Waals surface area contributed by atoms with Gasteiger partial charge < -0.3 is 9.47 Å². The summed E-state index contributed by atoms with van der Waals surface area (Å²) < 4.78 is 12.0. The van der Waals surface area contributed by atoms with Gasteiger partial charge in [-0.2, -0.15) is 0 Å². The van der Waals surface area contributed by atoms with Gasteiger partial charge in [-0.05, 0) is 48.9 Å². The van der Waals surface area contributed by atoms with E-state index in [1.807, 2.05) is 25.1 Å². The number of nitrogens with zero attached hydrogens (tertiary/aromatic N) is 1. The monoisotopic (exact) mass is 519 g/mol. The molecule has 33 heavy (non-hydrogen) atoms. The average Bonchev–Trinajstić information content (AvgIpc) is 3.09. The molecule has 2 aliphatic rings. The molecule has 0 unspecified atom stereocenters. The number of carbonyl (C=O) groups is 1. The third-order valence-corrected chi connectivity index (χ3v) is 6.93. The van der Waals surface area contributed by atoms with Crippen molar-refractivity contribution in [2.75, 3.05) is 6.73 Å². The van der Waals surface area contributed by atoms with Gasteiger partial charge >= 0.3 is 0 Å². The highest BCUT2D eigenvalue weighted by Gasteiger charge is 2.34. The molecule has 0 radical (unpaired) electrons. The Morgan fingerprint density at radius 3 is 2.48 bits per heavy atom. The van der Waals surface area contributed by atoms with Crippen molar-refractivity contribution < 1.29 is 14.3 Å². The molecule has 0 saturated carbocycles. The average molecular weight is 521 g/mol. The first-order valence-electron chi connectivity index (χ1n) is 10.2. The number of allylic oxidation sites excluding steroid dienone is 1. The summed E-state index contributed by atoms with van der Waals surface area (Å²) in [5.41, 5.74) is 3.69. The van der Waals surface area contributed by atoms with E-state index in [9.17, 15) is 4.79 Å². The van der Waals surface area contributed by atoms with Crippen molar-refractivity contribution in [3.8, 4) is 11.5 Å². The maximum absolute atomic E-state index is 13.1. The summed E-state index contributed by atoms with van der Waals surface area (Å²) in [4.78, 5) is 15.2. The van der Waals surface area contributed by atoms with Crippen LogP contribution in [0.3, 0.4) is 0 Å². The predicted octanol–water partition coefficient (Wildman–Crippen LogP) is 7.58. The molecular weight excluding hydrogens is 504 g/mol. The summed E-state index contributed by atoms with van der Waals surface area (Å²) in [6.45, 7) is 3.47. The second kappa shape index (κ2) is 8.86. The molecule has 4 nitrogen and oxygen atoms in total. The van der Waals surface area contributed by atoms with Crippen LogP contribution in [-0.2, 0) is 13.1 Å². The Labute approximate surface area is 211 Å². The number of Topliss-reactive ketones (excluding diaryl/α,β-unsaturated/α-hetero) is 1. The van der Waals surface area contributed by atoms with Gasteiger partial charge in [0.15, 0.2) is 5.76 Å². The largest absolute Gasteiger partial charge is 0.477 e. The number of hydrogen-bond donors (Lipinski definition) is 0. The molecule has 0 aliphatic carbocycles. The van der Waals surface area contributed by atoms with Crippen molar-refractivity contribution in [1.29, 1.82) is 0 Å². The maximum atomic E-state index is 13.1. The first-order valence-corrected chi connectivity index (χ1v) is 11.7. The molecule has 5 rings (SSSR count). The number of halogens is 4. The fourth-order valence-corrected chi connectivity index (χ4v) is 5.04. The lowest BCUT2D eigenvalue weighted by molar-refractivity contribution is 0.0877. The van der Waals surface area contributed by atoms with E-state index in [0.717, 1.165) is 22.4 Å². The number of fused-ring (bicyclic) bond motifs is 2. The highest BCUT2D eigenvalue weighted by molar-refractivity contribution is 6.37. The van der Waals surface area contributed by atoms with E-state index in [2.05, 4.69) is 4.90 Å². The molecule has 0 fully saturated rings. The molecule has 0 spiro atoms. The van der Waals surface area contributed by atoms with E-state index < -0.39 is 0 Å². The fourth-order valence-electron chi connectivity index (χ4n) is 4.07. The smallest absolute Gasteiger partial charge is 0.231 e. The second-order valence-electron chi connectivity index (χ2n) is 7.94. The molecule has 2 aliphatic heterocycles. The van der Waals surface area contributed by atoms with Crippen molar-refractivity contribution in [3.63, 3.8) is 0 Å². The van der Waals surface area contributed by atoms with E-state index in [1.54, 1.807) is 30.3 Å². The van der Waals surface area contributed by atoms with Gasteiger partial charge in [-0.1, -0.05) is 58.5 Å². The van der Waals surface area contributed by atoms with Crippen LogP contribution in [-0.4, -0.2) is 17.4 Å². The lowest BCUT2D eigenvalue weighted by atomic mass is 10.00. The summed E-state index contributed by atoms with van der Waals surface area (Å²) in [7, 11) is 0. The molecule has 3 aromatic rings. The zero-order valence-electron chi connectivity index (χ0n) is 17.4. The summed E-state index contributed by atoms with van der Waals surface area (Å²) in [6.07, 6.45) is 1.58. The summed E-state index contributed by atoms with van der Waals surface area (Å²) >= 11 is 24.9. The highest BCUT2D eigenvalue weighted by Crippen LogP contribution is 2.44. The molecular formula is C25H17Cl4NO3. The van der Waals surface area contributed by atoms with Crippen LogP contribution in [0, 0.1) is 6.92 Å². The summed E-state index contributed by atoms with van der Waals surface area (Å²) in [5, 5.41) is 2.09. The van der Waals surface area contributed by atoms with Crippen molar-refractivity contribution in [2.24, 2.45) is 0 Å². The van der Waals surface area contributed by atoms with Gasteiger partial charge in [0.25, 0.3) is 0 Å². The highest BCUT2D eigenvalue weighted by atomic mass is 35.5. The molecule has 0 N–H and O–H groups in total.